The average Bonchev–Trinajstić information content (AvgIpc) is 2.60. The van der Waals surface area contributed by atoms with Crippen LogP contribution in [0.25, 0.3) is 0 Å². The highest BCUT2D eigenvalue weighted by Gasteiger charge is 2.40. The normalized spacial score (nSPS) is 20.8. The molecule has 7 heteroatoms. The second kappa shape index (κ2) is 6.16. The second-order valence-corrected chi connectivity index (χ2v) is 7.35. The quantitative estimate of drug-likeness (QED) is 0.660. The summed E-state index contributed by atoms with van der Waals surface area (Å²) in [5.74, 6) is -3.33. The molecule has 0 aromatic carbocycles. The standard InChI is InChI=1S/C15H24O7/c1-14(2,3)7-15(4,5)13(20)21-6-8(16)11-9(17)10(18)12(19)22-11/h8,11,16-18H,6-7H2,1-5H3. The molecule has 0 fully saturated rings. The van der Waals surface area contributed by atoms with Gasteiger partial charge in [0.2, 0.25) is 5.76 Å². The minimum atomic E-state index is -1.46. The first-order chi connectivity index (χ1) is 9.85. The van der Waals surface area contributed by atoms with Crippen LogP contribution in [0.1, 0.15) is 41.0 Å². The van der Waals surface area contributed by atoms with E-state index in [1.165, 1.54) is 0 Å². The molecule has 0 saturated carbocycles. The van der Waals surface area contributed by atoms with Gasteiger partial charge in [-0.2, -0.15) is 0 Å². The fourth-order valence-electron chi connectivity index (χ4n) is 2.57. The van der Waals surface area contributed by atoms with Gasteiger partial charge in [-0.05, 0) is 25.7 Å². The number of carbonyl (C=O) groups is 2. The lowest BCUT2D eigenvalue weighted by atomic mass is 9.76. The van der Waals surface area contributed by atoms with Gasteiger partial charge in [0.05, 0.1) is 5.41 Å². The maximum atomic E-state index is 12.1. The molecule has 0 spiro atoms. The van der Waals surface area contributed by atoms with Crippen molar-refractivity contribution in [3.05, 3.63) is 11.5 Å². The molecule has 0 saturated heterocycles. The Hall–Kier alpha value is -1.76. The Morgan fingerprint density at radius 2 is 1.82 bits per heavy atom. The smallest absolute Gasteiger partial charge is 0.377 e. The van der Waals surface area contributed by atoms with E-state index in [4.69, 9.17) is 9.84 Å². The van der Waals surface area contributed by atoms with Crippen LogP contribution in [0.15, 0.2) is 11.5 Å². The van der Waals surface area contributed by atoms with Gasteiger partial charge in [-0.25, -0.2) is 4.79 Å². The Morgan fingerprint density at radius 3 is 2.23 bits per heavy atom. The minimum Gasteiger partial charge on any atom is -0.505 e. The second-order valence-electron chi connectivity index (χ2n) is 7.35. The van der Waals surface area contributed by atoms with E-state index in [1.807, 2.05) is 20.8 Å². The van der Waals surface area contributed by atoms with Gasteiger partial charge in [-0.3, -0.25) is 4.79 Å². The van der Waals surface area contributed by atoms with Crippen LogP contribution in [-0.4, -0.2) is 46.1 Å². The fraction of sp³-hybridized carbons (Fsp3) is 0.733. The zero-order valence-electron chi connectivity index (χ0n) is 13.5. The molecule has 7 nitrogen and oxygen atoms in total. The Bertz CT molecular complexity index is 485. The number of rotatable bonds is 5. The van der Waals surface area contributed by atoms with Gasteiger partial charge < -0.3 is 24.8 Å². The van der Waals surface area contributed by atoms with Crippen molar-refractivity contribution in [2.75, 3.05) is 6.61 Å². The van der Waals surface area contributed by atoms with Crippen LogP contribution in [0.4, 0.5) is 0 Å². The Kier molecular flexibility index (Phi) is 5.12. The van der Waals surface area contributed by atoms with Gasteiger partial charge in [0, 0.05) is 0 Å². The van der Waals surface area contributed by atoms with Crippen molar-refractivity contribution in [3.63, 3.8) is 0 Å². The summed E-state index contributed by atoms with van der Waals surface area (Å²) in [6, 6.07) is 0. The molecule has 126 valence electrons. The third-order valence-electron chi connectivity index (χ3n) is 3.20. The zero-order chi connectivity index (χ0) is 17.3. The molecule has 1 rings (SSSR count). The predicted octanol–water partition coefficient (Wildman–Crippen LogP) is 1.61. The number of carbonyl (C=O) groups excluding carboxylic acids is 2. The minimum absolute atomic E-state index is 0.0745. The van der Waals surface area contributed by atoms with Crippen molar-refractivity contribution >= 4 is 11.9 Å². The molecule has 0 aliphatic carbocycles. The number of ether oxygens (including phenoxy) is 2. The van der Waals surface area contributed by atoms with Crippen molar-refractivity contribution in [1.29, 1.82) is 0 Å². The lowest BCUT2D eigenvalue weighted by Gasteiger charge is -2.30. The van der Waals surface area contributed by atoms with E-state index in [9.17, 15) is 19.8 Å². The number of aliphatic hydroxyl groups excluding tert-OH is 3. The molecule has 0 aromatic rings. The van der Waals surface area contributed by atoms with Crippen LogP contribution in [0, 0.1) is 10.8 Å². The van der Waals surface area contributed by atoms with Gasteiger partial charge in [-0.15, -0.1) is 0 Å². The summed E-state index contributed by atoms with van der Waals surface area (Å²) in [7, 11) is 0. The van der Waals surface area contributed by atoms with Gasteiger partial charge >= 0.3 is 11.9 Å². The summed E-state index contributed by atoms with van der Waals surface area (Å²) in [6.07, 6.45) is -2.30. The molecule has 0 radical (unpaired) electrons. The van der Waals surface area contributed by atoms with Crippen molar-refractivity contribution in [2.45, 2.75) is 53.2 Å². The van der Waals surface area contributed by atoms with Crippen LogP contribution >= 0.6 is 0 Å². The summed E-state index contributed by atoms with van der Waals surface area (Å²) >= 11 is 0. The summed E-state index contributed by atoms with van der Waals surface area (Å²) in [5.41, 5.74) is -0.820. The van der Waals surface area contributed by atoms with Crippen molar-refractivity contribution in [3.8, 4) is 0 Å². The Labute approximate surface area is 129 Å². The number of hydrogen-bond donors (Lipinski definition) is 3. The van der Waals surface area contributed by atoms with Crippen molar-refractivity contribution < 1.29 is 34.4 Å². The zero-order valence-corrected chi connectivity index (χ0v) is 13.5. The van der Waals surface area contributed by atoms with E-state index >= 15 is 0 Å². The molecular formula is C15H24O7. The van der Waals surface area contributed by atoms with E-state index in [1.54, 1.807) is 13.8 Å². The molecule has 1 heterocycles. The van der Waals surface area contributed by atoms with Gasteiger partial charge in [-0.1, -0.05) is 20.8 Å². The van der Waals surface area contributed by atoms with E-state index in [-0.39, 0.29) is 5.41 Å². The maximum absolute atomic E-state index is 12.1. The molecule has 3 N–H and O–H groups in total. The number of hydrogen-bond acceptors (Lipinski definition) is 7. The molecule has 22 heavy (non-hydrogen) atoms. The van der Waals surface area contributed by atoms with Crippen LogP contribution in [0.2, 0.25) is 0 Å². The highest BCUT2D eigenvalue weighted by Crippen LogP contribution is 2.34. The fourth-order valence-corrected chi connectivity index (χ4v) is 2.57. The van der Waals surface area contributed by atoms with E-state index in [0.29, 0.717) is 6.42 Å². The Morgan fingerprint density at radius 1 is 1.27 bits per heavy atom. The summed E-state index contributed by atoms with van der Waals surface area (Å²) < 4.78 is 9.64. The molecule has 0 aromatic heterocycles. The van der Waals surface area contributed by atoms with Gasteiger partial charge in [0.25, 0.3) is 0 Å². The molecule has 2 unspecified atom stereocenters. The summed E-state index contributed by atoms with van der Waals surface area (Å²) in [6.45, 7) is 9.03. The van der Waals surface area contributed by atoms with Gasteiger partial charge in [0.15, 0.2) is 11.9 Å². The van der Waals surface area contributed by atoms with Crippen molar-refractivity contribution in [1.82, 2.24) is 0 Å². The molecule has 1 aliphatic rings. The largest absolute Gasteiger partial charge is 0.505 e. The molecule has 2 atom stereocenters. The number of aliphatic hydroxyl groups is 3. The lowest BCUT2D eigenvalue weighted by Crippen LogP contribution is -2.37. The van der Waals surface area contributed by atoms with Crippen LogP contribution < -0.4 is 0 Å². The first-order valence-corrected chi connectivity index (χ1v) is 7.03. The van der Waals surface area contributed by atoms with Crippen molar-refractivity contribution in [2.24, 2.45) is 10.8 Å². The molecule has 1 aliphatic heterocycles. The average molecular weight is 316 g/mol. The molecule has 0 amide bonds. The third kappa shape index (κ3) is 4.37. The SMILES string of the molecule is CC(C)(C)CC(C)(C)C(=O)OCC(O)C1OC(=O)C(O)=C1O. The molecular weight excluding hydrogens is 292 g/mol. The lowest BCUT2D eigenvalue weighted by molar-refractivity contribution is -0.163. The number of esters is 2. The summed E-state index contributed by atoms with van der Waals surface area (Å²) in [5, 5.41) is 28.5. The van der Waals surface area contributed by atoms with Crippen LogP contribution in [0.3, 0.4) is 0 Å². The number of cyclic esters (lactones) is 1. The topological polar surface area (TPSA) is 113 Å². The highest BCUT2D eigenvalue weighted by atomic mass is 16.6. The van der Waals surface area contributed by atoms with Crippen LogP contribution in [-0.2, 0) is 19.1 Å². The first-order valence-electron chi connectivity index (χ1n) is 7.03. The highest BCUT2D eigenvalue weighted by molar-refractivity contribution is 5.89. The van der Waals surface area contributed by atoms with Gasteiger partial charge in [0.1, 0.15) is 12.7 Å². The Balaban J connectivity index is 2.60. The van der Waals surface area contributed by atoms with E-state index < -0.39 is 47.7 Å². The molecule has 0 bridgehead atoms. The predicted molar refractivity (Wildman–Crippen MR) is 77.0 cm³/mol. The monoisotopic (exact) mass is 316 g/mol. The summed E-state index contributed by atoms with van der Waals surface area (Å²) in [4.78, 5) is 23.2. The van der Waals surface area contributed by atoms with E-state index in [0.717, 1.165) is 0 Å². The van der Waals surface area contributed by atoms with E-state index in [2.05, 4.69) is 4.74 Å². The third-order valence-corrected chi connectivity index (χ3v) is 3.20. The maximum Gasteiger partial charge on any atom is 0.377 e. The van der Waals surface area contributed by atoms with Crippen LogP contribution in [0.5, 0.6) is 0 Å². The first kappa shape index (κ1) is 18.3.